The lowest BCUT2D eigenvalue weighted by atomic mass is 10.1. The fourth-order valence-corrected chi connectivity index (χ4v) is 5.06. The highest BCUT2D eigenvalue weighted by atomic mass is 32.2. The number of carbonyl (C=O) groups excluding carboxylic acids is 1. The molecule has 184 valence electrons. The molecule has 1 aliphatic rings. The van der Waals surface area contributed by atoms with Crippen LogP contribution in [0.4, 0.5) is 4.39 Å². The fraction of sp³-hybridized carbons (Fsp3) is 0.346. The predicted molar refractivity (Wildman–Crippen MR) is 132 cm³/mol. The van der Waals surface area contributed by atoms with Crippen LogP contribution in [0.1, 0.15) is 42.1 Å². The molecule has 0 radical (unpaired) electrons. The average Bonchev–Trinajstić information content (AvgIpc) is 3.32. The molecular formula is C26H28FN3O4S. The summed E-state index contributed by atoms with van der Waals surface area (Å²) in [6.45, 7) is 4.37. The van der Waals surface area contributed by atoms with Gasteiger partial charge in [0.25, 0.3) is 5.56 Å². The summed E-state index contributed by atoms with van der Waals surface area (Å²) in [6, 6.07) is 11.7. The van der Waals surface area contributed by atoms with Crippen LogP contribution in [0.5, 0.6) is 11.5 Å². The second-order valence-electron chi connectivity index (χ2n) is 8.43. The zero-order valence-electron chi connectivity index (χ0n) is 20.0. The zero-order chi connectivity index (χ0) is 24.9. The van der Waals surface area contributed by atoms with E-state index in [0.717, 1.165) is 17.5 Å². The van der Waals surface area contributed by atoms with E-state index in [1.165, 1.54) is 28.5 Å². The fourth-order valence-electron chi connectivity index (χ4n) is 3.83. The Kier molecular flexibility index (Phi) is 7.75. The van der Waals surface area contributed by atoms with Crippen LogP contribution in [-0.4, -0.2) is 27.5 Å². The van der Waals surface area contributed by atoms with Gasteiger partial charge < -0.3 is 14.8 Å². The highest BCUT2D eigenvalue weighted by molar-refractivity contribution is 8.00. The van der Waals surface area contributed by atoms with Gasteiger partial charge in [-0.25, -0.2) is 9.37 Å². The molecule has 2 aromatic carbocycles. The molecule has 4 rings (SSSR count). The number of benzene rings is 2. The van der Waals surface area contributed by atoms with Crippen molar-refractivity contribution >= 4 is 17.7 Å². The van der Waals surface area contributed by atoms with Gasteiger partial charge in [-0.3, -0.25) is 14.2 Å². The third-order valence-electron chi connectivity index (χ3n) is 5.84. The van der Waals surface area contributed by atoms with Gasteiger partial charge in [-0.15, -0.1) is 0 Å². The van der Waals surface area contributed by atoms with E-state index in [1.54, 1.807) is 26.1 Å². The van der Waals surface area contributed by atoms with E-state index in [4.69, 9.17) is 9.47 Å². The molecule has 9 heteroatoms. The molecule has 2 heterocycles. The van der Waals surface area contributed by atoms with Crippen LogP contribution >= 0.6 is 11.8 Å². The number of hydrogen-bond acceptors (Lipinski definition) is 6. The first-order valence-electron chi connectivity index (χ1n) is 11.5. The van der Waals surface area contributed by atoms with Gasteiger partial charge in [-0.2, -0.15) is 0 Å². The minimum Gasteiger partial charge on any atom is -0.454 e. The predicted octanol–water partition coefficient (Wildman–Crippen LogP) is 4.12. The lowest BCUT2D eigenvalue weighted by Gasteiger charge is -2.18. The highest BCUT2D eigenvalue weighted by Crippen LogP contribution is 2.32. The molecule has 1 aromatic heterocycles. The molecular weight excluding hydrogens is 469 g/mol. The molecule has 7 nitrogen and oxygen atoms in total. The molecule has 1 amide bonds. The molecule has 1 aliphatic heterocycles. The van der Waals surface area contributed by atoms with Gasteiger partial charge in [0.1, 0.15) is 5.82 Å². The molecule has 1 N–H and O–H groups in total. The van der Waals surface area contributed by atoms with Crippen LogP contribution in [-0.2, 0) is 24.8 Å². The molecule has 0 bridgehead atoms. The standard InChI is InChI=1S/C26H28FN3O4S/c1-4-5-23(24(31)28-14-18-8-11-21-22(13-18)34-15-33-21)35-26-29-16(2)20(25(32)30(26)3)12-17-6-9-19(27)10-7-17/h6-11,13,23H,4-5,12,14-15H2,1-3H3,(H,28,31). The topological polar surface area (TPSA) is 82.5 Å². The van der Waals surface area contributed by atoms with Gasteiger partial charge in [-0.1, -0.05) is 43.3 Å². The number of halogens is 1. The number of carbonyl (C=O) groups is 1. The minimum absolute atomic E-state index is 0.114. The van der Waals surface area contributed by atoms with Gasteiger partial charge in [-0.05, 0) is 48.7 Å². The lowest BCUT2D eigenvalue weighted by molar-refractivity contribution is -0.120. The number of amides is 1. The maximum absolute atomic E-state index is 13.2. The minimum atomic E-state index is -0.394. The number of rotatable bonds is 9. The Morgan fingerprint density at radius 1 is 1.17 bits per heavy atom. The Morgan fingerprint density at radius 2 is 1.89 bits per heavy atom. The highest BCUT2D eigenvalue weighted by Gasteiger charge is 2.23. The van der Waals surface area contributed by atoms with Crippen LogP contribution in [0.2, 0.25) is 0 Å². The summed E-state index contributed by atoms with van der Waals surface area (Å²) < 4.78 is 25.5. The quantitative estimate of drug-likeness (QED) is 0.354. The van der Waals surface area contributed by atoms with Crippen LogP contribution in [0.25, 0.3) is 0 Å². The van der Waals surface area contributed by atoms with E-state index in [2.05, 4.69) is 10.3 Å². The Hall–Kier alpha value is -3.33. The molecule has 0 saturated carbocycles. The van der Waals surface area contributed by atoms with Crippen molar-refractivity contribution in [2.45, 2.75) is 50.1 Å². The molecule has 0 fully saturated rings. The zero-order valence-corrected chi connectivity index (χ0v) is 20.8. The van der Waals surface area contributed by atoms with Crippen molar-refractivity contribution in [1.29, 1.82) is 0 Å². The number of nitrogens with one attached hydrogen (secondary N) is 1. The van der Waals surface area contributed by atoms with Crippen LogP contribution in [0.3, 0.4) is 0 Å². The molecule has 1 atom stereocenters. The summed E-state index contributed by atoms with van der Waals surface area (Å²) in [5.41, 5.74) is 2.74. The van der Waals surface area contributed by atoms with E-state index in [0.29, 0.717) is 47.3 Å². The number of ether oxygens (including phenoxy) is 2. The van der Waals surface area contributed by atoms with Crippen molar-refractivity contribution in [2.75, 3.05) is 6.79 Å². The van der Waals surface area contributed by atoms with Gasteiger partial charge in [0.05, 0.1) is 5.25 Å². The van der Waals surface area contributed by atoms with Crippen molar-refractivity contribution in [3.05, 3.63) is 81.0 Å². The molecule has 0 aliphatic carbocycles. The first-order chi connectivity index (χ1) is 16.9. The van der Waals surface area contributed by atoms with E-state index in [1.807, 2.05) is 25.1 Å². The second-order valence-corrected chi connectivity index (χ2v) is 9.60. The van der Waals surface area contributed by atoms with Crippen molar-refractivity contribution in [2.24, 2.45) is 7.05 Å². The van der Waals surface area contributed by atoms with Crippen molar-refractivity contribution in [1.82, 2.24) is 14.9 Å². The van der Waals surface area contributed by atoms with Gasteiger partial charge in [0.2, 0.25) is 12.7 Å². The summed E-state index contributed by atoms with van der Waals surface area (Å²) >= 11 is 1.29. The number of fused-ring (bicyclic) bond motifs is 1. The van der Waals surface area contributed by atoms with Gasteiger partial charge in [0, 0.05) is 31.3 Å². The van der Waals surface area contributed by atoms with Crippen molar-refractivity contribution in [3.8, 4) is 11.5 Å². The number of nitrogens with zero attached hydrogens (tertiary/aromatic N) is 2. The second kappa shape index (κ2) is 10.9. The Labute approximate surface area is 207 Å². The normalized spacial score (nSPS) is 13.0. The van der Waals surface area contributed by atoms with Gasteiger partial charge >= 0.3 is 0 Å². The number of thioether (sulfide) groups is 1. The smallest absolute Gasteiger partial charge is 0.257 e. The third-order valence-corrected chi connectivity index (χ3v) is 7.15. The largest absolute Gasteiger partial charge is 0.454 e. The summed E-state index contributed by atoms with van der Waals surface area (Å²) in [5.74, 6) is 0.940. The maximum atomic E-state index is 13.2. The lowest BCUT2D eigenvalue weighted by Crippen LogP contribution is -2.33. The first kappa shape index (κ1) is 24.8. The molecule has 0 saturated heterocycles. The Balaban J connectivity index is 1.47. The molecule has 1 unspecified atom stereocenters. The maximum Gasteiger partial charge on any atom is 0.257 e. The van der Waals surface area contributed by atoms with E-state index in [-0.39, 0.29) is 24.1 Å². The Morgan fingerprint density at radius 3 is 2.63 bits per heavy atom. The van der Waals surface area contributed by atoms with E-state index < -0.39 is 5.25 Å². The van der Waals surface area contributed by atoms with Crippen LogP contribution in [0, 0.1) is 12.7 Å². The summed E-state index contributed by atoms with van der Waals surface area (Å²) in [7, 11) is 1.67. The number of aryl methyl sites for hydroxylation is 1. The average molecular weight is 498 g/mol. The summed E-state index contributed by atoms with van der Waals surface area (Å²) in [4.78, 5) is 30.8. The SMILES string of the molecule is CCCC(Sc1nc(C)c(Cc2ccc(F)cc2)c(=O)n1C)C(=O)NCc1ccc2c(c1)OCO2. The number of aromatic nitrogens is 2. The number of hydrogen-bond donors (Lipinski definition) is 1. The summed E-state index contributed by atoms with van der Waals surface area (Å²) in [5, 5.41) is 3.09. The Bertz CT molecular complexity index is 1280. The van der Waals surface area contributed by atoms with Gasteiger partial charge in [0.15, 0.2) is 16.7 Å². The van der Waals surface area contributed by atoms with Crippen LogP contribution in [0.15, 0.2) is 52.4 Å². The van der Waals surface area contributed by atoms with Crippen molar-refractivity contribution in [3.63, 3.8) is 0 Å². The van der Waals surface area contributed by atoms with E-state index in [9.17, 15) is 14.0 Å². The van der Waals surface area contributed by atoms with Crippen LogP contribution < -0.4 is 20.3 Å². The van der Waals surface area contributed by atoms with E-state index >= 15 is 0 Å². The molecule has 35 heavy (non-hydrogen) atoms. The van der Waals surface area contributed by atoms with Crippen molar-refractivity contribution < 1.29 is 18.7 Å². The summed E-state index contributed by atoms with van der Waals surface area (Å²) in [6.07, 6.45) is 1.82. The first-order valence-corrected chi connectivity index (χ1v) is 12.4. The molecule has 0 spiro atoms. The third kappa shape index (κ3) is 5.85. The molecule has 3 aromatic rings. The monoisotopic (exact) mass is 497 g/mol.